The van der Waals surface area contributed by atoms with Crippen molar-refractivity contribution >= 4 is 17.2 Å². The van der Waals surface area contributed by atoms with E-state index in [0.717, 1.165) is 18.2 Å². The Labute approximate surface area is 191 Å². The van der Waals surface area contributed by atoms with Crippen molar-refractivity contribution in [3.8, 4) is 0 Å². The Morgan fingerprint density at radius 3 is 2.29 bits per heavy atom. The summed E-state index contributed by atoms with van der Waals surface area (Å²) in [5.74, 6) is 0.193. The Kier molecular flexibility index (Phi) is 5.89. The molecule has 0 fully saturated rings. The zero-order valence-corrected chi connectivity index (χ0v) is 17.9. The second-order valence-corrected chi connectivity index (χ2v) is 7.79. The van der Waals surface area contributed by atoms with E-state index in [4.69, 9.17) is 0 Å². The predicted molar refractivity (Wildman–Crippen MR) is 119 cm³/mol. The lowest BCUT2D eigenvalue weighted by Crippen LogP contribution is -2.30. The van der Waals surface area contributed by atoms with Crippen molar-refractivity contribution in [3.63, 3.8) is 0 Å². The highest BCUT2D eigenvalue weighted by Gasteiger charge is 2.36. The monoisotopic (exact) mass is 475 g/mol. The van der Waals surface area contributed by atoms with Gasteiger partial charge in [0.05, 0.1) is 11.1 Å². The van der Waals surface area contributed by atoms with Gasteiger partial charge in [-0.15, -0.1) is 0 Å². The van der Waals surface area contributed by atoms with Gasteiger partial charge in [-0.25, -0.2) is 4.99 Å². The molecule has 0 aliphatic carbocycles. The number of anilines is 1. The van der Waals surface area contributed by atoms with Crippen LogP contribution in [0.1, 0.15) is 39.5 Å². The van der Waals surface area contributed by atoms with Crippen molar-refractivity contribution in [2.75, 3.05) is 5.32 Å². The number of aliphatic imine (C=N–C) groups is 1. The van der Waals surface area contributed by atoms with Crippen LogP contribution in [0.4, 0.5) is 32.0 Å². The molecule has 1 aliphatic heterocycles. The summed E-state index contributed by atoms with van der Waals surface area (Å²) in [6.45, 7) is 5.51. The Morgan fingerprint density at radius 2 is 1.59 bits per heavy atom. The van der Waals surface area contributed by atoms with Crippen molar-refractivity contribution < 1.29 is 26.3 Å². The Hall–Kier alpha value is -3.75. The van der Waals surface area contributed by atoms with Gasteiger partial charge in [-0.2, -0.15) is 26.3 Å². The number of hydrogen-bond acceptors (Lipinski definition) is 3. The van der Waals surface area contributed by atoms with Crippen LogP contribution in [0.2, 0.25) is 0 Å². The van der Waals surface area contributed by atoms with Crippen molar-refractivity contribution in [2.24, 2.45) is 4.99 Å². The summed E-state index contributed by atoms with van der Waals surface area (Å²) < 4.78 is 80.5. The first-order chi connectivity index (χ1) is 15.9. The molecule has 34 heavy (non-hydrogen) atoms. The van der Waals surface area contributed by atoms with Crippen LogP contribution in [0, 0.1) is 6.92 Å². The number of nitrogens with one attached hydrogen (secondary N) is 2. The third-order valence-corrected chi connectivity index (χ3v) is 5.45. The topological polar surface area (TPSA) is 36.4 Å². The maximum Gasteiger partial charge on any atom is 0.416 e. The van der Waals surface area contributed by atoms with Gasteiger partial charge in [0.2, 0.25) is 0 Å². The summed E-state index contributed by atoms with van der Waals surface area (Å²) in [6, 6.07) is 15.2. The zero-order chi connectivity index (χ0) is 24.7. The molecule has 0 bridgehead atoms. The highest BCUT2D eigenvalue weighted by Crippen LogP contribution is 2.38. The molecule has 3 aromatic carbocycles. The van der Waals surface area contributed by atoms with Crippen molar-refractivity contribution in [1.82, 2.24) is 5.32 Å². The minimum atomic E-state index is -4.59. The van der Waals surface area contributed by atoms with E-state index in [-0.39, 0.29) is 22.7 Å². The normalized spacial score (nSPS) is 15.7. The summed E-state index contributed by atoms with van der Waals surface area (Å²) >= 11 is 0. The van der Waals surface area contributed by atoms with E-state index < -0.39 is 29.6 Å². The first-order valence-electron chi connectivity index (χ1n) is 10.2. The van der Waals surface area contributed by atoms with E-state index >= 15 is 0 Å². The fourth-order valence-electron chi connectivity index (χ4n) is 3.77. The van der Waals surface area contributed by atoms with Crippen molar-refractivity contribution in [1.29, 1.82) is 0 Å². The van der Waals surface area contributed by atoms with E-state index in [1.807, 2.05) is 0 Å². The maximum atomic E-state index is 13.6. The quantitative estimate of drug-likeness (QED) is 0.394. The van der Waals surface area contributed by atoms with Gasteiger partial charge in [-0.1, -0.05) is 43.0 Å². The molecule has 0 amide bonds. The molecule has 3 nitrogen and oxygen atoms in total. The molecule has 9 heteroatoms. The van der Waals surface area contributed by atoms with Gasteiger partial charge in [0, 0.05) is 28.1 Å². The fourth-order valence-corrected chi connectivity index (χ4v) is 3.77. The second kappa shape index (κ2) is 8.55. The Bertz CT molecular complexity index is 1270. The molecule has 0 saturated carbocycles. The number of hydrogen-bond donors (Lipinski definition) is 2. The lowest BCUT2D eigenvalue weighted by Gasteiger charge is -2.28. The molecule has 1 aliphatic rings. The van der Waals surface area contributed by atoms with Gasteiger partial charge >= 0.3 is 12.4 Å². The van der Waals surface area contributed by atoms with Gasteiger partial charge in [0.15, 0.2) is 0 Å². The third kappa shape index (κ3) is 4.64. The number of para-hydroxylation sites is 1. The van der Waals surface area contributed by atoms with Crippen LogP contribution in [0.25, 0.3) is 5.70 Å². The van der Waals surface area contributed by atoms with Crippen LogP contribution in [-0.4, -0.2) is 5.84 Å². The summed E-state index contributed by atoms with van der Waals surface area (Å²) in [7, 11) is 0. The van der Waals surface area contributed by atoms with E-state index in [2.05, 4.69) is 22.2 Å². The van der Waals surface area contributed by atoms with E-state index in [0.29, 0.717) is 16.8 Å². The molecule has 176 valence electrons. The number of amidine groups is 1. The smallest absolute Gasteiger partial charge is 0.359 e. The fraction of sp³-hybridized carbons (Fsp3) is 0.160. The standard InChI is InChI=1S/C25H19F6N3/c1-14-11-12-16(24(26,27)28)13-19(14)15(2)32-23-18-8-4-6-10-21(18)33-22(34-23)17-7-3-5-9-20(17)25(29,30)31/h3-13,22,33H,2H2,1H3,(H,32,34). The van der Waals surface area contributed by atoms with E-state index in [9.17, 15) is 26.3 Å². The largest absolute Gasteiger partial charge is 0.416 e. The first kappa shape index (κ1) is 23.4. The van der Waals surface area contributed by atoms with Gasteiger partial charge in [-0.3, -0.25) is 0 Å². The van der Waals surface area contributed by atoms with Crippen LogP contribution in [0.15, 0.2) is 78.3 Å². The van der Waals surface area contributed by atoms with E-state index in [1.54, 1.807) is 31.2 Å². The Balaban J connectivity index is 1.75. The minimum absolute atomic E-state index is 0.0790. The number of fused-ring (bicyclic) bond motifs is 1. The van der Waals surface area contributed by atoms with Crippen LogP contribution in [-0.2, 0) is 12.4 Å². The average molecular weight is 475 g/mol. The van der Waals surface area contributed by atoms with Crippen LogP contribution < -0.4 is 10.6 Å². The maximum absolute atomic E-state index is 13.6. The second-order valence-electron chi connectivity index (χ2n) is 7.79. The van der Waals surface area contributed by atoms with Crippen molar-refractivity contribution in [3.05, 3.63) is 107 Å². The molecular weight excluding hydrogens is 456 g/mol. The predicted octanol–water partition coefficient (Wildman–Crippen LogP) is 7.16. The van der Waals surface area contributed by atoms with E-state index in [1.165, 1.54) is 24.3 Å². The van der Waals surface area contributed by atoms with Crippen LogP contribution in [0.3, 0.4) is 0 Å². The summed E-state index contributed by atoms with van der Waals surface area (Å²) in [6.07, 6.45) is -10.2. The molecule has 0 spiro atoms. The number of halogens is 6. The zero-order valence-electron chi connectivity index (χ0n) is 17.9. The molecule has 0 aromatic heterocycles. The van der Waals surface area contributed by atoms with Crippen LogP contribution >= 0.6 is 0 Å². The summed E-state index contributed by atoms with van der Waals surface area (Å²) in [5, 5.41) is 5.94. The molecule has 3 aromatic rings. The van der Waals surface area contributed by atoms with Gasteiger partial charge in [0.1, 0.15) is 12.0 Å². The number of alkyl halides is 6. The number of benzene rings is 3. The molecule has 4 rings (SSSR count). The minimum Gasteiger partial charge on any atom is -0.359 e. The van der Waals surface area contributed by atoms with Crippen LogP contribution in [0.5, 0.6) is 0 Å². The molecule has 1 unspecified atom stereocenters. The molecule has 0 radical (unpaired) electrons. The molecule has 1 atom stereocenters. The highest BCUT2D eigenvalue weighted by atomic mass is 19.4. The third-order valence-electron chi connectivity index (χ3n) is 5.45. The van der Waals surface area contributed by atoms with Gasteiger partial charge in [0.25, 0.3) is 0 Å². The lowest BCUT2D eigenvalue weighted by atomic mass is 10.0. The van der Waals surface area contributed by atoms with Gasteiger partial charge in [-0.05, 0) is 42.8 Å². The summed E-state index contributed by atoms with van der Waals surface area (Å²) in [4.78, 5) is 4.45. The average Bonchev–Trinajstić information content (AvgIpc) is 2.78. The first-order valence-corrected chi connectivity index (χ1v) is 10.2. The number of aryl methyl sites for hydroxylation is 1. The molecule has 0 saturated heterocycles. The number of nitrogens with zero attached hydrogens (tertiary/aromatic N) is 1. The molecule has 1 heterocycles. The Morgan fingerprint density at radius 1 is 0.912 bits per heavy atom. The lowest BCUT2D eigenvalue weighted by molar-refractivity contribution is -0.138. The summed E-state index contributed by atoms with van der Waals surface area (Å²) in [5.41, 5.74) is 0.243. The highest BCUT2D eigenvalue weighted by molar-refractivity contribution is 6.08. The number of rotatable bonds is 3. The molecule has 2 N–H and O–H groups in total. The van der Waals surface area contributed by atoms with Crippen molar-refractivity contribution in [2.45, 2.75) is 25.4 Å². The van der Waals surface area contributed by atoms with Gasteiger partial charge < -0.3 is 10.6 Å². The molecular formula is C25H19F6N3. The SMILES string of the molecule is C=C(NC1=NC(c2ccccc2C(F)(F)F)Nc2ccccc21)c1cc(C(F)(F)F)ccc1C.